The van der Waals surface area contributed by atoms with Crippen molar-refractivity contribution in [2.75, 3.05) is 10.7 Å². The molecule has 2 unspecified atom stereocenters. The third-order valence-electron chi connectivity index (χ3n) is 3.63. The van der Waals surface area contributed by atoms with E-state index in [4.69, 9.17) is 5.84 Å². The van der Waals surface area contributed by atoms with Gasteiger partial charge in [0.05, 0.1) is 0 Å². The molecule has 1 saturated carbocycles. The van der Waals surface area contributed by atoms with Gasteiger partial charge in [-0.25, -0.2) is 15.8 Å². The average molecular weight is 314 g/mol. The van der Waals surface area contributed by atoms with Crippen molar-refractivity contribution in [3.05, 3.63) is 10.8 Å². The van der Waals surface area contributed by atoms with E-state index >= 15 is 0 Å². The fraction of sp³-hybridized carbons (Fsp3) is 0.667. The van der Waals surface area contributed by atoms with Crippen molar-refractivity contribution in [3.8, 4) is 0 Å². The first-order chi connectivity index (χ1) is 8.74. The summed E-state index contributed by atoms with van der Waals surface area (Å²) in [6.45, 7) is 2.27. The van der Waals surface area contributed by atoms with Gasteiger partial charge in [-0.3, -0.25) is 0 Å². The average Bonchev–Trinajstić information content (AvgIpc) is 2.41. The summed E-state index contributed by atoms with van der Waals surface area (Å²) < 4.78 is 0.797. The topological polar surface area (TPSA) is 75.9 Å². The predicted octanol–water partition coefficient (Wildman–Crippen LogP) is 2.91. The Kier molecular flexibility index (Phi) is 4.77. The highest BCUT2D eigenvalue weighted by Gasteiger charge is 2.21. The molecular weight excluding hydrogens is 294 g/mol. The van der Waals surface area contributed by atoms with Gasteiger partial charge < -0.3 is 10.7 Å². The highest BCUT2D eigenvalue weighted by molar-refractivity contribution is 9.10. The van der Waals surface area contributed by atoms with Gasteiger partial charge in [0, 0.05) is 6.04 Å². The summed E-state index contributed by atoms with van der Waals surface area (Å²) in [4.78, 5) is 8.31. The summed E-state index contributed by atoms with van der Waals surface area (Å²) in [6.07, 6.45) is 7.86. The summed E-state index contributed by atoms with van der Waals surface area (Å²) in [5.41, 5.74) is 2.55. The number of halogens is 1. The zero-order valence-electron chi connectivity index (χ0n) is 10.6. The van der Waals surface area contributed by atoms with Crippen LogP contribution in [0.2, 0.25) is 0 Å². The van der Waals surface area contributed by atoms with Crippen molar-refractivity contribution in [1.29, 1.82) is 0 Å². The van der Waals surface area contributed by atoms with Crippen LogP contribution in [0.5, 0.6) is 0 Å². The molecule has 1 aromatic rings. The molecule has 4 N–H and O–H groups in total. The second-order valence-corrected chi connectivity index (χ2v) is 5.60. The van der Waals surface area contributed by atoms with Crippen LogP contribution < -0.4 is 16.6 Å². The summed E-state index contributed by atoms with van der Waals surface area (Å²) in [5, 5.41) is 3.49. The number of hydrogen-bond acceptors (Lipinski definition) is 5. The fourth-order valence-corrected chi connectivity index (χ4v) is 2.99. The normalized spacial score (nSPS) is 23.7. The second kappa shape index (κ2) is 6.33. The van der Waals surface area contributed by atoms with E-state index < -0.39 is 0 Å². The van der Waals surface area contributed by atoms with E-state index in [0.717, 1.165) is 16.2 Å². The number of nitrogen functional groups attached to an aromatic ring is 1. The molecule has 5 nitrogen and oxygen atoms in total. The van der Waals surface area contributed by atoms with E-state index in [1.54, 1.807) is 0 Å². The van der Waals surface area contributed by atoms with E-state index in [9.17, 15) is 0 Å². The number of nitrogens with zero attached hydrogens (tertiary/aromatic N) is 2. The van der Waals surface area contributed by atoms with Gasteiger partial charge in [0.2, 0.25) is 0 Å². The summed E-state index contributed by atoms with van der Waals surface area (Å²) in [7, 11) is 0. The van der Waals surface area contributed by atoms with Crippen LogP contribution in [0, 0.1) is 5.92 Å². The van der Waals surface area contributed by atoms with Crippen LogP contribution in [-0.4, -0.2) is 16.0 Å². The Morgan fingerprint density at radius 1 is 1.39 bits per heavy atom. The number of anilines is 2. The largest absolute Gasteiger partial charge is 0.366 e. The van der Waals surface area contributed by atoms with Crippen LogP contribution in [0.15, 0.2) is 10.8 Å². The number of hydrogen-bond donors (Lipinski definition) is 3. The van der Waals surface area contributed by atoms with Gasteiger partial charge in [-0.05, 0) is 34.7 Å². The summed E-state index contributed by atoms with van der Waals surface area (Å²) >= 11 is 3.47. The van der Waals surface area contributed by atoms with Gasteiger partial charge in [-0.2, -0.15) is 0 Å². The van der Waals surface area contributed by atoms with Gasteiger partial charge in [-0.1, -0.05) is 26.2 Å². The lowest BCUT2D eigenvalue weighted by Gasteiger charge is -2.29. The van der Waals surface area contributed by atoms with Crippen molar-refractivity contribution < 1.29 is 0 Å². The molecule has 1 aliphatic rings. The minimum absolute atomic E-state index is 0.500. The lowest BCUT2D eigenvalue weighted by Crippen LogP contribution is -2.27. The zero-order valence-corrected chi connectivity index (χ0v) is 12.2. The van der Waals surface area contributed by atoms with Crippen LogP contribution in [0.3, 0.4) is 0 Å². The molecule has 6 heteroatoms. The van der Waals surface area contributed by atoms with Crippen LogP contribution in [-0.2, 0) is 0 Å². The van der Waals surface area contributed by atoms with Crippen LogP contribution in [0.4, 0.5) is 11.6 Å². The number of aromatic nitrogens is 2. The first kappa shape index (κ1) is 13.5. The maximum atomic E-state index is 5.40. The standard InChI is InChI=1S/C12H20BrN5/c1-2-8-4-3-5-9(6-8)17-11-10(13)12(18-14)16-7-15-11/h7-9H,2-6,14H2,1H3,(H2,15,16,17,18). The Bertz CT molecular complexity index is 398. The smallest absolute Gasteiger partial charge is 0.159 e. The maximum Gasteiger partial charge on any atom is 0.159 e. The van der Waals surface area contributed by atoms with Gasteiger partial charge in [0.25, 0.3) is 0 Å². The third-order valence-corrected chi connectivity index (χ3v) is 4.38. The molecule has 18 heavy (non-hydrogen) atoms. The number of hydrazine groups is 1. The highest BCUT2D eigenvalue weighted by atomic mass is 79.9. The minimum Gasteiger partial charge on any atom is -0.366 e. The van der Waals surface area contributed by atoms with Crippen LogP contribution in [0.25, 0.3) is 0 Å². The van der Waals surface area contributed by atoms with Gasteiger partial charge >= 0.3 is 0 Å². The van der Waals surface area contributed by atoms with Crippen molar-refractivity contribution in [3.63, 3.8) is 0 Å². The predicted molar refractivity (Wildman–Crippen MR) is 77.2 cm³/mol. The Labute approximate surface area is 116 Å². The van der Waals surface area contributed by atoms with E-state index in [2.05, 4.69) is 43.6 Å². The molecule has 1 fully saturated rings. The number of nitrogens with one attached hydrogen (secondary N) is 2. The van der Waals surface area contributed by atoms with Crippen molar-refractivity contribution in [1.82, 2.24) is 9.97 Å². The Hall–Kier alpha value is -0.880. The van der Waals surface area contributed by atoms with E-state index in [1.807, 2.05) is 0 Å². The summed E-state index contributed by atoms with van der Waals surface area (Å²) in [5.74, 6) is 7.66. The van der Waals surface area contributed by atoms with Crippen LogP contribution >= 0.6 is 15.9 Å². The first-order valence-electron chi connectivity index (χ1n) is 6.48. The van der Waals surface area contributed by atoms with E-state index in [-0.39, 0.29) is 0 Å². The van der Waals surface area contributed by atoms with Crippen molar-refractivity contribution in [2.45, 2.75) is 45.1 Å². The molecule has 0 spiro atoms. The Morgan fingerprint density at radius 3 is 2.89 bits per heavy atom. The molecule has 0 bridgehead atoms. The second-order valence-electron chi connectivity index (χ2n) is 4.81. The van der Waals surface area contributed by atoms with Gasteiger partial charge in [0.1, 0.15) is 16.6 Å². The molecule has 0 aliphatic heterocycles. The molecule has 1 aliphatic carbocycles. The molecule has 0 amide bonds. The van der Waals surface area contributed by atoms with E-state index in [1.165, 1.54) is 38.4 Å². The molecular formula is C12H20BrN5. The number of nitrogens with two attached hydrogens (primary N) is 1. The molecule has 1 heterocycles. The Morgan fingerprint density at radius 2 is 2.17 bits per heavy atom. The molecule has 0 radical (unpaired) electrons. The molecule has 2 atom stereocenters. The minimum atomic E-state index is 0.500. The molecule has 0 aromatic carbocycles. The molecule has 2 rings (SSSR count). The number of rotatable bonds is 4. The van der Waals surface area contributed by atoms with E-state index in [0.29, 0.717) is 11.9 Å². The first-order valence-corrected chi connectivity index (χ1v) is 7.27. The lowest BCUT2D eigenvalue weighted by molar-refractivity contribution is 0.327. The highest BCUT2D eigenvalue weighted by Crippen LogP contribution is 2.31. The quantitative estimate of drug-likeness (QED) is 0.588. The monoisotopic (exact) mass is 313 g/mol. The maximum absolute atomic E-state index is 5.40. The van der Waals surface area contributed by atoms with Gasteiger partial charge in [-0.15, -0.1) is 0 Å². The molecule has 0 saturated heterocycles. The summed E-state index contributed by atoms with van der Waals surface area (Å²) in [6, 6.07) is 0.500. The van der Waals surface area contributed by atoms with Crippen molar-refractivity contribution in [2.24, 2.45) is 11.8 Å². The molecule has 100 valence electrons. The van der Waals surface area contributed by atoms with Gasteiger partial charge in [0.15, 0.2) is 5.82 Å². The fourth-order valence-electron chi connectivity index (χ4n) is 2.56. The Balaban J connectivity index is 2.04. The molecule has 1 aromatic heterocycles. The zero-order chi connectivity index (χ0) is 13.0. The third kappa shape index (κ3) is 3.11. The lowest BCUT2D eigenvalue weighted by atomic mass is 9.84. The SMILES string of the molecule is CCC1CCCC(Nc2ncnc(NN)c2Br)C1. The van der Waals surface area contributed by atoms with Crippen LogP contribution in [0.1, 0.15) is 39.0 Å². The van der Waals surface area contributed by atoms with Crippen molar-refractivity contribution >= 4 is 27.6 Å².